The zero-order valence-electron chi connectivity index (χ0n) is 27.4. The first-order valence-corrected chi connectivity index (χ1v) is 17.5. The van der Waals surface area contributed by atoms with E-state index in [0.717, 1.165) is 116 Å². The number of aliphatic carboxylic acids is 2. The van der Waals surface area contributed by atoms with Crippen molar-refractivity contribution in [3.63, 3.8) is 0 Å². The van der Waals surface area contributed by atoms with Crippen molar-refractivity contribution in [1.29, 1.82) is 0 Å². The van der Waals surface area contributed by atoms with Crippen LogP contribution >= 0.6 is 0 Å². The number of hydrogen-bond acceptors (Lipinski definition) is 4. The monoisotopic (exact) mass is 594 g/mol. The van der Waals surface area contributed by atoms with E-state index in [1.807, 2.05) is 0 Å². The zero-order valence-corrected chi connectivity index (χ0v) is 27.4. The van der Waals surface area contributed by atoms with E-state index in [9.17, 15) is 9.59 Å². The molecular weight excluding hydrogens is 528 g/mol. The van der Waals surface area contributed by atoms with Gasteiger partial charge in [-0.3, -0.25) is 9.59 Å². The number of unbranched alkanes of at least 4 members (excludes halogenated alkanes) is 16. The third-order valence-corrected chi connectivity index (χ3v) is 7.74. The normalized spacial score (nSPS) is 13.3. The van der Waals surface area contributed by atoms with Crippen LogP contribution in [0.15, 0.2) is 24.3 Å². The van der Waals surface area contributed by atoms with Crippen molar-refractivity contribution in [3.05, 3.63) is 24.3 Å². The number of carboxylic acids is 2. The van der Waals surface area contributed by atoms with Crippen LogP contribution in [0.1, 0.15) is 181 Å². The van der Waals surface area contributed by atoms with Crippen molar-refractivity contribution < 1.29 is 29.6 Å². The predicted molar refractivity (Wildman–Crippen MR) is 175 cm³/mol. The van der Waals surface area contributed by atoms with Crippen molar-refractivity contribution in [3.8, 4) is 0 Å². The van der Waals surface area contributed by atoms with Gasteiger partial charge in [0, 0.05) is 12.8 Å². The van der Waals surface area contributed by atoms with Gasteiger partial charge in [0.1, 0.15) is 0 Å². The molecule has 0 fully saturated rings. The summed E-state index contributed by atoms with van der Waals surface area (Å²) in [5.74, 6) is -1.40. The molecule has 0 aliphatic rings. The molecule has 2 unspecified atom stereocenters. The fourth-order valence-electron chi connectivity index (χ4n) is 5.03. The summed E-state index contributed by atoms with van der Waals surface area (Å²) in [6.07, 6.45) is 35.7. The van der Waals surface area contributed by atoms with Gasteiger partial charge >= 0.3 is 11.9 Å². The minimum Gasteiger partial charge on any atom is -0.481 e. The van der Waals surface area contributed by atoms with E-state index in [0.29, 0.717) is 0 Å². The molecule has 0 bridgehead atoms. The second-order valence-corrected chi connectivity index (χ2v) is 11.9. The largest absolute Gasteiger partial charge is 0.481 e. The fourth-order valence-corrected chi connectivity index (χ4v) is 5.03. The molecule has 2 atom stereocenters. The number of rotatable bonds is 33. The molecule has 6 nitrogen and oxygen atoms in total. The molecule has 0 heterocycles. The molecule has 0 aromatic heterocycles. The summed E-state index contributed by atoms with van der Waals surface area (Å²) in [4.78, 5) is 33.6. The highest BCUT2D eigenvalue weighted by molar-refractivity contribution is 5.66. The smallest absolute Gasteiger partial charge is 0.303 e. The second-order valence-electron chi connectivity index (χ2n) is 11.9. The lowest BCUT2D eigenvalue weighted by atomic mass is 10.0. The van der Waals surface area contributed by atoms with Crippen LogP contribution in [-0.4, -0.2) is 34.4 Å². The number of allylic oxidation sites excluding steroid dienone is 2. The van der Waals surface area contributed by atoms with Crippen LogP contribution in [0.3, 0.4) is 0 Å². The van der Waals surface area contributed by atoms with Crippen molar-refractivity contribution in [2.24, 2.45) is 0 Å². The Labute approximate surface area is 258 Å². The summed E-state index contributed by atoms with van der Waals surface area (Å²) in [6.45, 7) is 4.47. The minimum atomic E-state index is -0.698. The molecule has 2 N–H and O–H groups in total. The Morgan fingerprint density at radius 1 is 0.500 bits per heavy atom. The van der Waals surface area contributed by atoms with Crippen LogP contribution in [0, 0.1) is 0 Å². The molecule has 0 rings (SSSR count). The molecule has 246 valence electrons. The van der Waals surface area contributed by atoms with Gasteiger partial charge in [-0.05, 0) is 64.2 Å². The first-order valence-electron chi connectivity index (χ1n) is 17.5. The van der Waals surface area contributed by atoms with E-state index in [1.54, 1.807) is 0 Å². The van der Waals surface area contributed by atoms with Crippen LogP contribution in [0.25, 0.3) is 0 Å². The molecule has 0 saturated carbocycles. The zero-order chi connectivity index (χ0) is 30.9. The standard InChI is InChI=1S/C36H66O6/c1-3-5-7-9-15-21-27-33(29-23-17-11-13-19-25-31-35(37)38)41-42-34(28-22-16-10-8-6-4-2)30-24-18-12-14-20-26-32-36(39)40/h15-16,21-22,33-34H,3-14,17-20,23-32H2,1-2H3,(H,37,38)(H,39,40)/b21-15+,22-16+. The van der Waals surface area contributed by atoms with Gasteiger partial charge in [-0.25, -0.2) is 9.78 Å². The highest BCUT2D eigenvalue weighted by Crippen LogP contribution is 2.19. The molecule has 0 aliphatic heterocycles. The van der Waals surface area contributed by atoms with Gasteiger partial charge in [0.25, 0.3) is 0 Å². The average molecular weight is 595 g/mol. The number of carbonyl (C=O) groups is 2. The van der Waals surface area contributed by atoms with Gasteiger partial charge in [0.05, 0.1) is 12.2 Å². The molecule has 0 aromatic carbocycles. The van der Waals surface area contributed by atoms with Gasteiger partial charge in [0.2, 0.25) is 0 Å². The van der Waals surface area contributed by atoms with Gasteiger partial charge in [-0.1, -0.05) is 128 Å². The molecular formula is C36H66O6. The van der Waals surface area contributed by atoms with Gasteiger partial charge < -0.3 is 10.2 Å². The summed E-state index contributed by atoms with van der Waals surface area (Å²) in [7, 11) is 0. The highest BCUT2D eigenvalue weighted by atomic mass is 17.2. The maximum absolute atomic E-state index is 10.7. The lowest BCUT2D eigenvalue weighted by Gasteiger charge is -2.20. The molecule has 0 aliphatic carbocycles. The Bertz CT molecular complexity index is 603. The molecule has 0 amide bonds. The first kappa shape index (κ1) is 40.3. The summed E-state index contributed by atoms with van der Waals surface area (Å²) in [5, 5.41) is 17.6. The lowest BCUT2D eigenvalue weighted by molar-refractivity contribution is -0.351. The van der Waals surface area contributed by atoms with E-state index in [4.69, 9.17) is 20.0 Å². The number of carboxylic acid groups (broad SMARTS) is 2. The van der Waals surface area contributed by atoms with Crippen LogP contribution in [-0.2, 0) is 19.4 Å². The third-order valence-electron chi connectivity index (χ3n) is 7.74. The van der Waals surface area contributed by atoms with Crippen molar-refractivity contribution in [1.82, 2.24) is 0 Å². The summed E-state index contributed by atoms with van der Waals surface area (Å²) in [5.41, 5.74) is 0. The Morgan fingerprint density at radius 3 is 1.21 bits per heavy atom. The topological polar surface area (TPSA) is 93.1 Å². The van der Waals surface area contributed by atoms with Crippen molar-refractivity contribution in [2.45, 2.75) is 193 Å². The van der Waals surface area contributed by atoms with E-state index in [-0.39, 0.29) is 25.0 Å². The average Bonchev–Trinajstić information content (AvgIpc) is 2.96. The summed E-state index contributed by atoms with van der Waals surface area (Å²) < 4.78 is 0. The molecule has 0 spiro atoms. The summed E-state index contributed by atoms with van der Waals surface area (Å²) >= 11 is 0. The lowest BCUT2D eigenvalue weighted by Crippen LogP contribution is -2.19. The van der Waals surface area contributed by atoms with E-state index in [2.05, 4.69) is 38.2 Å². The maximum atomic E-state index is 10.7. The second kappa shape index (κ2) is 32.3. The fraction of sp³-hybridized carbons (Fsp3) is 0.833. The minimum absolute atomic E-state index is 0.0599. The van der Waals surface area contributed by atoms with E-state index in [1.165, 1.54) is 38.5 Å². The third kappa shape index (κ3) is 31.3. The number of hydrogen-bond donors (Lipinski definition) is 2. The molecule has 42 heavy (non-hydrogen) atoms. The van der Waals surface area contributed by atoms with E-state index < -0.39 is 11.9 Å². The van der Waals surface area contributed by atoms with Crippen LogP contribution < -0.4 is 0 Å². The van der Waals surface area contributed by atoms with Crippen molar-refractivity contribution >= 4 is 11.9 Å². The van der Waals surface area contributed by atoms with Crippen molar-refractivity contribution in [2.75, 3.05) is 0 Å². The quantitative estimate of drug-likeness (QED) is 0.0340. The van der Waals surface area contributed by atoms with Gasteiger partial charge in [-0.2, -0.15) is 0 Å². The van der Waals surface area contributed by atoms with E-state index >= 15 is 0 Å². The molecule has 0 aromatic rings. The van der Waals surface area contributed by atoms with Gasteiger partial charge in [0.15, 0.2) is 0 Å². The van der Waals surface area contributed by atoms with Crippen LogP contribution in [0.4, 0.5) is 0 Å². The SMILES string of the molecule is CCCCC/C=C/CC(CCCCCCCCC(=O)O)OOC(C/C=C/CCCCC)CCCCCCCCC(=O)O. The van der Waals surface area contributed by atoms with Crippen LogP contribution in [0.2, 0.25) is 0 Å². The van der Waals surface area contributed by atoms with Gasteiger partial charge in [-0.15, -0.1) is 0 Å². The van der Waals surface area contributed by atoms with Crippen LogP contribution in [0.5, 0.6) is 0 Å². The Kier molecular flexibility index (Phi) is 31.0. The first-order chi connectivity index (χ1) is 20.5. The molecule has 0 radical (unpaired) electrons. The molecule has 0 saturated heterocycles. The Morgan fingerprint density at radius 2 is 0.857 bits per heavy atom. The predicted octanol–water partition coefficient (Wildman–Crippen LogP) is 11.1. The Hall–Kier alpha value is -1.66. The molecule has 6 heteroatoms. The Balaban J connectivity index is 4.71. The highest BCUT2D eigenvalue weighted by Gasteiger charge is 2.14. The summed E-state index contributed by atoms with van der Waals surface area (Å²) in [6, 6.07) is 0. The maximum Gasteiger partial charge on any atom is 0.303 e.